The van der Waals surface area contributed by atoms with E-state index >= 15 is 0 Å². The summed E-state index contributed by atoms with van der Waals surface area (Å²) < 4.78 is 31.1. The molecule has 0 aliphatic carbocycles. The van der Waals surface area contributed by atoms with E-state index in [1.807, 2.05) is 13.0 Å². The van der Waals surface area contributed by atoms with Gasteiger partial charge in [0.2, 0.25) is 5.69 Å². The molecule has 35 heavy (non-hydrogen) atoms. The van der Waals surface area contributed by atoms with Crippen LogP contribution in [0.2, 0.25) is 0 Å². The van der Waals surface area contributed by atoms with Crippen molar-refractivity contribution in [3.63, 3.8) is 0 Å². The van der Waals surface area contributed by atoms with E-state index < -0.39 is 11.9 Å². The summed E-state index contributed by atoms with van der Waals surface area (Å²) in [7, 11) is 1.40. The van der Waals surface area contributed by atoms with Crippen molar-refractivity contribution < 1.29 is 28.5 Å². The molecule has 0 unspecified atom stereocenters. The lowest BCUT2D eigenvalue weighted by Gasteiger charge is -2.46. The molecule has 1 N–H and O–H groups in total. The third-order valence-electron chi connectivity index (χ3n) is 7.36. The summed E-state index contributed by atoms with van der Waals surface area (Å²) in [6, 6.07) is 6.91. The molecule has 184 valence electrons. The van der Waals surface area contributed by atoms with Gasteiger partial charge in [-0.3, -0.25) is 9.80 Å². The number of hydrogen-bond donors (Lipinski definition) is 1. The summed E-state index contributed by atoms with van der Waals surface area (Å²) >= 11 is 0. The van der Waals surface area contributed by atoms with E-state index in [0.29, 0.717) is 30.8 Å². The largest absolute Gasteiger partial charge is 0.495 e. The molecule has 0 radical (unpaired) electrons. The Morgan fingerprint density at radius 3 is 2.89 bits per heavy atom. The highest BCUT2D eigenvalue weighted by atomic mass is 19.1. The van der Waals surface area contributed by atoms with E-state index in [-0.39, 0.29) is 36.2 Å². The smallest absolute Gasteiger partial charge is 0.338 e. The molecule has 9 heteroatoms. The number of piperazine rings is 1. The van der Waals surface area contributed by atoms with Crippen molar-refractivity contribution >= 4 is 11.7 Å². The topological polar surface area (TPSA) is 75.8 Å². The number of β-amino-alcohol motifs (C(OH)–C–C–N with tert-alkyl or cyclic N) is 1. The number of aliphatic hydroxyl groups is 1. The molecule has 5 rings (SSSR count). The van der Waals surface area contributed by atoms with E-state index in [2.05, 4.69) is 14.6 Å². The van der Waals surface area contributed by atoms with Gasteiger partial charge in [-0.15, -0.1) is 0 Å². The van der Waals surface area contributed by atoms with Crippen LogP contribution < -0.4 is 4.74 Å². The highest BCUT2D eigenvalue weighted by molar-refractivity contribution is 5.93. The predicted molar refractivity (Wildman–Crippen MR) is 125 cm³/mol. The fourth-order valence-electron chi connectivity index (χ4n) is 5.38. The number of fused-ring (bicyclic) bond motifs is 2. The Labute approximate surface area is 203 Å². The summed E-state index contributed by atoms with van der Waals surface area (Å²) in [6.07, 6.45) is -1.01. The van der Waals surface area contributed by atoms with Gasteiger partial charge < -0.3 is 19.3 Å². The van der Waals surface area contributed by atoms with Crippen LogP contribution in [0.1, 0.15) is 44.8 Å². The Morgan fingerprint density at radius 1 is 1.29 bits per heavy atom. The molecule has 0 aromatic heterocycles. The third kappa shape index (κ3) is 4.28. The Morgan fingerprint density at radius 2 is 2.11 bits per heavy atom. The predicted octanol–water partition coefficient (Wildman–Crippen LogP) is 3.16. The number of ether oxygens (including phenoxy) is 3. The van der Waals surface area contributed by atoms with Gasteiger partial charge in [0.15, 0.2) is 5.82 Å². The van der Waals surface area contributed by atoms with Crippen molar-refractivity contribution in [2.45, 2.75) is 31.8 Å². The quantitative estimate of drug-likeness (QED) is 0.519. The Bertz CT molecular complexity index is 1200. The number of methoxy groups -OCH3 is 1. The third-order valence-corrected chi connectivity index (χ3v) is 7.36. The molecule has 3 aliphatic rings. The summed E-state index contributed by atoms with van der Waals surface area (Å²) in [5.74, 6) is -0.888. The van der Waals surface area contributed by atoms with Crippen molar-refractivity contribution in [3.05, 3.63) is 69.3 Å². The lowest BCUT2D eigenvalue weighted by Crippen LogP contribution is -2.58. The number of rotatable bonds is 5. The van der Waals surface area contributed by atoms with Crippen molar-refractivity contribution in [2.75, 3.05) is 46.4 Å². The Hall–Kier alpha value is -3.03. The van der Waals surface area contributed by atoms with Crippen LogP contribution in [0.3, 0.4) is 0 Å². The molecule has 3 aliphatic heterocycles. The second-order valence-corrected chi connectivity index (χ2v) is 9.26. The van der Waals surface area contributed by atoms with Crippen LogP contribution in [0.25, 0.3) is 4.85 Å². The van der Waals surface area contributed by atoms with E-state index in [1.165, 1.54) is 13.2 Å². The first kappa shape index (κ1) is 23.7. The first-order valence-electron chi connectivity index (χ1n) is 11.7. The molecule has 0 bridgehead atoms. The van der Waals surface area contributed by atoms with Gasteiger partial charge in [-0.1, -0.05) is 18.2 Å². The number of morpholine rings is 1. The molecule has 0 spiro atoms. The van der Waals surface area contributed by atoms with Gasteiger partial charge in [-0.2, -0.15) is 0 Å². The molecule has 2 aromatic rings. The minimum absolute atomic E-state index is 0.0656. The molecule has 8 nitrogen and oxygen atoms in total. The maximum atomic E-state index is 14.6. The summed E-state index contributed by atoms with van der Waals surface area (Å²) in [6.45, 7) is 13.2. The minimum atomic E-state index is -0.673. The van der Waals surface area contributed by atoms with E-state index in [1.54, 1.807) is 12.1 Å². The molecular formula is C26H28FN3O5. The van der Waals surface area contributed by atoms with Gasteiger partial charge >= 0.3 is 5.97 Å². The average Bonchev–Trinajstić information content (AvgIpc) is 3.25. The normalized spacial score (nSPS) is 23.2. The lowest BCUT2D eigenvalue weighted by atomic mass is 9.95. The van der Waals surface area contributed by atoms with Crippen LogP contribution in [0.4, 0.5) is 10.1 Å². The standard InChI is InChI=1S/C26H28FN3O5/c1-15-17(4-5-18-20(15)14-35-26(18)32)22(31)11-29-8-9-30-12-23(34-13-16(30)10-29)19-6-7-21(28-2)24(27)25(19)33-3/h4-7,16,22-23,31H,8-14H2,1,3H3/t16-,22+,23+/m1/s1. The highest BCUT2D eigenvalue weighted by Gasteiger charge is 2.36. The summed E-state index contributed by atoms with van der Waals surface area (Å²) in [5.41, 5.74) is 3.73. The van der Waals surface area contributed by atoms with Crippen LogP contribution in [0, 0.1) is 19.3 Å². The zero-order valence-corrected chi connectivity index (χ0v) is 19.8. The summed E-state index contributed by atoms with van der Waals surface area (Å²) in [4.78, 5) is 19.6. The van der Waals surface area contributed by atoms with Gasteiger partial charge in [0.25, 0.3) is 0 Å². The SMILES string of the molecule is [C-]#[N+]c1ccc([C@@H]2CN3CCN(C[C@H](O)c4ccc5c(c4C)COC5=O)C[C@@H]3CO2)c(OC)c1F. The molecule has 0 amide bonds. The van der Waals surface area contributed by atoms with E-state index in [9.17, 15) is 14.3 Å². The fraction of sp³-hybridized carbons (Fsp3) is 0.462. The second-order valence-electron chi connectivity index (χ2n) is 9.26. The number of halogens is 1. The molecule has 3 heterocycles. The molecule has 2 aromatic carbocycles. The number of carbonyl (C=O) groups excluding carboxylic acids is 1. The maximum absolute atomic E-state index is 14.6. The first-order valence-corrected chi connectivity index (χ1v) is 11.7. The van der Waals surface area contributed by atoms with Crippen molar-refractivity contribution in [1.29, 1.82) is 0 Å². The van der Waals surface area contributed by atoms with Crippen molar-refractivity contribution in [3.8, 4) is 5.75 Å². The van der Waals surface area contributed by atoms with E-state index in [4.69, 9.17) is 20.8 Å². The average molecular weight is 482 g/mol. The first-order chi connectivity index (χ1) is 16.9. The molecule has 0 saturated carbocycles. The Balaban J connectivity index is 1.23. The number of hydrogen-bond acceptors (Lipinski definition) is 7. The van der Waals surface area contributed by atoms with Crippen molar-refractivity contribution in [2.24, 2.45) is 0 Å². The molecular weight excluding hydrogens is 453 g/mol. The van der Waals surface area contributed by atoms with Gasteiger partial charge in [-0.05, 0) is 24.1 Å². The van der Waals surface area contributed by atoms with E-state index in [0.717, 1.165) is 36.3 Å². The molecule has 3 atom stereocenters. The van der Waals surface area contributed by atoms with Crippen LogP contribution in [-0.2, 0) is 16.1 Å². The van der Waals surface area contributed by atoms with Gasteiger partial charge in [-0.25, -0.2) is 14.0 Å². The molecule has 2 fully saturated rings. The number of benzene rings is 2. The number of esters is 1. The molecule has 2 saturated heterocycles. The van der Waals surface area contributed by atoms with Crippen LogP contribution >= 0.6 is 0 Å². The number of carbonyl (C=O) groups is 1. The van der Waals surface area contributed by atoms with Crippen LogP contribution in [-0.4, -0.2) is 73.4 Å². The zero-order valence-electron chi connectivity index (χ0n) is 19.8. The maximum Gasteiger partial charge on any atom is 0.338 e. The van der Waals surface area contributed by atoms with Crippen molar-refractivity contribution in [1.82, 2.24) is 9.80 Å². The number of cyclic esters (lactones) is 1. The lowest BCUT2D eigenvalue weighted by molar-refractivity contribution is -0.0943. The summed E-state index contributed by atoms with van der Waals surface area (Å²) in [5, 5.41) is 11.0. The van der Waals surface area contributed by atoms with Gasteiger partial charge in [0, 0.05) is 49.9 Å². The highest BCUT2D eigenvalue weighted by Crippen LogP contribution is 2.38. The van der Waals surface area contributed by atoms with Crippen LogP contribution in [0.5, 0.6) is 5.75 Å². The van der Waals surface area contributed by atoms with Gasteiger partial charge in [0.1, 0.15) is 12.4 Å². The fourth-order valence-corrected chi connectivity index (χ4v) is 5.38. The second kappa shape index (κ2) is 9.55. The van der Waals surface area contributed by atoms with Gasteiger partial charge in [0.05, 0.1) is 38.1 Å². The minimum Gasteiger partial charge on any atom is -0.495 e. The number of aliphatic hydroxyl groups excluding tert-OH is 1. The monoisotopic (exact) mass is 481 g/mol. The Kier molecular flexibility index (Phi) is 6.47. The zero-order chi connectivity index (χ0) is 24.7. The van der Waals surface area contributed by atoms with Crippen LogP contribution in [0.15, 0.2) is 24.3 Å². The number of nitrogens with zero attached hydrogens (tertiary/aromatic N) is 3.